The number of sulfonamides is 1. The predicted octanol–water partition coefficient (Wildman–Crippen LogP) is 2.07. The molecule has 1 aromatic heterocycles. The molecule has 0 bridgehead atoms. The Labute approximate surface area is 163 Å². The summed E-state index contributed by atoms with van der Waals surface area (Å²) >= 11 is 0. The number of halogens is 1. The minimum Gasteiger partial charge on any atom is -0.495 e. The van der Waals surface area contributed by atoms with E-state index in [1.807, 2.05) is 6.92 Å². The summed E-state index contributed by atoms with van der Waals surface area (Å²) in [6, 6.07) is 6.63. The van der Waals surface area contributed by atoms with Gasteiger partial charge in [0, 0.05) is 31.9 Å². The van der Waals surface area contributed by atoms with Crippen LogP contribution < -0.4 is 15.0 Å². The van der Waals surface area contributed by atoms with Crippen molar-refractivity contribution in [2.75, 3.05) is 20.2 Å². The van der Waals surface area contributed by atoms with Gasteiger partial charge in [0.15, 0.2) is 0 Å². The molecule has 9 heteroatoms. The maximum Gasteiger partial charge on any atom is 0.254 e. The third-order valence-electron chi connectivity index (χ3n) is 4.92. The number of rotatable bonds is 5. The molecule has 2 heterocycles. The van der Waals surface area contributed by atoms with Crippen LogP contribution in [0.3, 0.4) is 0 Å². The number of ether oxygens (including phenoxy) is 2. The molecule has 0 atom stereocenters. The highest BCUT2D eigenvalue weighted by Gasteiger charge is 2.32. The number of pyridine rings is 1. The molecule has 0 unspecified atom stereocenters. The second kappa shape index (κ2) is 7.92. The SMILES string of the molecule is COc1ccc(F)cc1S(=O)(=O)N1CCC(Oc2cc(C)n(C)c(=O)c2)CC1. The largest absolute Gasteiger partial charge is 0.495 e. The Kier molecular flexibility index (Phi) is 5.76. The van der Waals surface area contributed by atoms with Crippen LogP contribution in [0.5, 0.6) is 11.5 Å². The van der Waals surface area contributed by atoms with Gasteiger partial charge in [0.05, 0.1) is 7.11 Å². The third kappa shape index (κ3) is 4.05. The number of hydrogen-bond acceptors (Lipinski definition) is 5. The Morgan fingerprint density at radius 3 is 2.43 bits per heavy atom. The number of aromatic nitrogens is 1. The van der Waals surface area contributed by atoms with Crippen molar-refractivity contribution < 1.29 is 22.3 Å². The molecule has 3 rings (SSSR count). The van der Waals surface area contributed by atoms with Crippen molar-refractivity contribution in [1.29, 1.82) is 0 Å². The summed E-state index contributed by atoms with van der Waals surface area (Å²) in [5, 5.41) is 0. The first-order valence-electron chi connectivity index (χ1n) is 8.90. The standard InChI is InChI=1S/C19H23FN2O5S/c1-13-10-16(12-19(23)21(13)2)27-15-6-8-22(9-7-15)28(24,25)18-11-14(20)4-5-17(18)26-3/h4-5,10-12,15H,6-9H2,1-3H3. The van der Waals surface area contributed by atoms with Crippen LogP contribution in [0.15, 0.2) is 40.0 Å². The van der Waals surface area contributed by atoms with Crippen LogP contribution in [0.1, 0.15) is 18.5 Å². The summed E-state index contributed by atoms with van der Waals surface area (Å²) in [7, 11) is -0.851. The summed E-state index contributed by atoms with van der Waals surface area (Å²) in [5.41, 5.74) is 0.619. The number of benzene rings is 1. The summed E-state index contributed by atoms with van der Waals surface area (Å²) < 4.78 is 53.2. The van der Waals surface area contributed by atoms with E-state index in [2.05, 4.69) is 0 Å². The second-order valence-electron chi connectivity index (χ2n) is 6.75. The molecule has 0 saturated carbocycles. The quantitative estimate of drug-likeness (QED) is 0.754. The van der Waals surface area contributed by atoms with Gasteiger partial charge in [-0.05, 0) is 44.0 Å². The van der Waals surface area contributed by atoms with Gasteiger partial charge in [-0.2, -0.15) is 4.31 Å². The van der Waals surface area contributed by atoms with E-state index in [0.29, 0.717) is 18.6 Å². The van der Waals surface area contributed by atoms with Crippen molar-refractivity contribution >= 4 is 10.0 Å². The lowest BCUT2D eigenvalue weighted by Crippen LogP contribution is -2.42. The van der Waals surface area contributed by atoms with E-state index >= 15 is 0 Å². The van der Waals surface area contributed by atoms with Crippen molar-refractivity contribution in [1.82, 2.24) is 8.87 Å². The third-order valence-corrected chi connectivity index (χ3v) is 6.84. The molecule has 0 N–H and O–H groups in total. The van der Waals surface area contributed by atoms with Crippen LogP contribution >= 0.6 is 0 Å². The van der Waals surface area contributed by atoms with E-state index in [1.54, 1.807) is 13.1 Å². The molecule has 28 heavy (non-hydrogen) atoms. The van der Waals surface area contributed by atoms with E-state index < -0.39 is 15.8 Å². The molecule has 1 saturated heterocycles. The highest BCUT2D eigenvalue weighted by atomic mass is 32.2. The van der Waals surface area contributed by atoms with Gasteiger partial charge < -0.3 is 14.0 Å². The number of hydrogen-bond donors (Lipinski definition) is 0. The average Bonchev–Trinajstić information content (AvgIpc) is 2.66. The van der Waals surface area contributed by atoms with Gasteiger partial charge in [-0.25, -0.2) is 12.8 Å². The van der Waals surface area contributed by atoms with Gasteiger partial charge in [0.25, 0.3) is 5.56 Å². The lowest BCUT2D eigenvalue weighted by Gasteiger charge is -2.31. The van der Waals surface area contributed by atoms with Crippen LogP contribution in [0.4, 0.5) is 4.39 Å². The van der Waals surface area contributed by atoms with Crippen LogP contribution in [-0.2, 0) is 17.1 Å². The van der Waals surface area contributed by atoms with Crippen molar-refractivity contribution in [3.63, 3.8) is 0 Å². The van der Waals surface area contributed by atoms with E-state index in [1.165, 1.54) is 28.1 Å². The fraction of sp³-hybridized carbons (Fsp3) is 0.421. The van der Waals surface area contributed by atoms with Gasteiger partial charge in [-0.15, -0.1) is 0 Å². The maximum absolute atomic E-state index is 13.6. The molecule has 0 amide bonds. The minimum atomic E-state index is -3.88. The Morgan fingerprint density at radius 1 is 1.14 bits per heavy atom. The van der Waals surface area contributed by atoms with Crippen LogP contribution in [-0.4, -0.2) is 43.6 Å². The fourth-order valence-corrected chi connectivity index (χ4v) is 4.82. The van der Waals surface area contributed by atoms with Crippen molar-refractivity contribution in [3.05, 3.63) is 52.2 Å². The molecule has 1 fully saturated rings. The highest BCUT2D eigenvalue weighted by Crippen LogP contribution is 2.30. The summed E-state index contributed by atoms with van der Waals surface area (Å²) in [6.07, 6.45) is 0.725. The van der Waals surface area contributed by atoms with Gasteiger partial charge in [0.1, 0.15) is 28.3 Å². The minimum absolute atomic E-state index is 0.107. The van der Waals surface area contributed by atoms with Gasteiger partial charge in [-0.1, -0.05) is 0 Å². The molecule has 1 aliphatic heterocycles. The van der Waals surface area contributed by atoms with Crippen molar-refractivity contribution in [2.45, 2.75) is 30.8 Å². The molecule has 1 aromatic carbocycles. The molecule has 2 aromatic rings. The van der Waals surface area contributed by atoms with Crippen molar-refractivity contribution in [2.24, 2.45) is 7.05 Å². The molecular weight excluding hydrogens is 387 g/mol. The average molecular weight is 410 g/mol. The summed E-state index contributed by atoms with van der Waals surface area (Å²) in [5.74, 6) is -0.0530. The van der Waals surface area contributed by atoms with E-state index in [0.717, 1.165) is 17.8 Å². The fourth-order valence-electron chi connectivity index (χ4n) is 3.18. The molecule has 0 aliphatic carbocycles. The Hall–Kier alpha value is -2.39. The van der Waals surface area contributed by atoms with Gasteiger partial charge in [0.2, 0.25) is 10.0 Å². The molecular formula is C19H23FN2O5S. The second-order valence-corrected chi connectivity index (χ2v) is 8.65. The molecule has 152 valence electrons. The maximum atomic E-state index is 13.6. The number of nitrogens with zero attached hydrogens (tertiary/aromatic N) is 2. The van der Waals surface area contributed by atoms with Crippen LogP contribution in [0, 0.1) is 12.7 Å². The van der Waals surface area contributed by atoms with E-state index in [4.69, 9.17) is 9.47 Å². The Balaban J connectivity index is 1.71. The number of aryl methyl sites for hydroxylation is 1. The normalized spacial score (nSPS) is 16.1. The first-order valence-corrected chi connectivity index (χ1v) is 10.3. The molecule has 0 radical (unpaired) electrons. The number of methoxy groups -OCH3 is 1. The Bertz CT molecular complexity index is 1030. The highest BCUT2D eigenvalue weighted by molar-refractivity contribution is 7.89. The zero-order valence-electron chi connectivity index (χ0n) is 16.0. The van der Waals surface area contributed by atoms with Crippen LogP contribution in [0.25, 0.3) is 0 Å². The monoisotopic (exact) mass is 410 g/mol. The first kappa shape index (κ1) is 20.3. The Morgan fingerprint density at radius 2 is 1.82 bits per heavy atom. The van der Waals surface area contributed by atoms with E-state index in [-0.39, 0.29) is 35.4 Å². The van der Waals surface area contributed by atoms with Gasteiger partial charge >= 0.3 is 0 Å². The molecule has 0 spiro atoms. The molecule has 7 nitrogen and oxygen atoms in total. The van der Waals surface area contributed by atoms with E-state index in [9.17, 15) is 17.6 Å². The molecule has 1 aliphatic rings. The van der Waals surface area contributed by atoms with Crippen molar-refractivity contribution in [3.8, 4) is 11.5 Å². The lowest BCUT2D eigenvalue weighted by molar-refractivity contribution is 0.134. The first-order chi connectivity index (χ1) is 13.2. The number of piperidine rings is 1. The zero-order chi connectivity index (χ0) is 20.5. The topological polar surface area (TPSA) is 77.8 Å². The van der Waals surface area contributed by atoms with Crippen LogP contribution in [0.2, 0.25) is 0 Å². The zero-order valence-corrected chi connectivity index (χ0v) is 16.8. The predicted molar refractivity (Wildman–Crippen MR) is 102 cm³/mol. The summed E-state index contributed by atoms with van der Waals surface area (Å²) in [6.45, 7) is 2.28. The lowest BCUT2D eigenvalue weighted by atomic mass is 10.1. The van der Waals surface area contributed by atoms with Gasteiger partial charge in [-0.3, -0.25) is 4.79 Å². The smallest absolute Gasteiger partial charge is 0.254 e. The summed E-state index contributed by atoms with van der Waals surface area (Å²) in [4.78, 5) is 11.7.